The largest absolute Gasteiger partial charge is 0.396 e. The molecule has 2 heterocycles. The predicted molar refractivity (Wildman–Crippen MR) is 113 cm³/mol. The van der Waals surface area contributed by atoms with Crippen molar-refractivity contribution < 1.29 is 4.79 Å². The van der Waals surface area contributed by atoms with Crippen molar-refractivity contribution in [3.63, 3.8) is 0 Å². The van der Waals surface area contributed by atoms with E-state index in [1.165, 1.54) is 4.68 Å². The molecule has 9 heteroatoms. The summed E-state index contributed by atoms with van der Waals surface area (Å²) in [6, 6.07) is 21.2. The highest BCUT2D eigenvalue weighted by Gasteiger charge is 2.20. The van der Waals surface area contributed by atoms with E-state index in [4.69, 9.17) is 11.5 Å². The summed E-state index contributed by atoms with van der Waals surface area (Å²) in [5.41, 5.74) is 12.9. The van der Waals surface area contributed by atoms with Gasteiger partial charge < -0.3 is 11.5 Å². The van der Waals surface area contributed by atoms with Crippen LogP contribution in [0.5, 0.6) is 0 Å². The van der Waals surface area contributed by atoms with Crippen molar-refractivity contribution in [1.29, 1.82) is 10.5 Å². The van der Waals surface area contributed by atoms with Crippen LogP contribution in [0.1, 0.15) is 21.5 Å². The molecule has 1 amide bonds. The number of pyridine rings is 1. The van der Waals surface area contributed by atoms with Crippen molar-refractivity contribution >= 4 is 28.4 Å². The van der Waals surface area contributed by atoms with Crippen LogP contribution in [0.2, 0.25) is 0 Å². The minimum Gasteiger partial charge on any atom is -0.396 e. The van der Waals surface area contributed by atoms with Gasteiger partial charge in [-0.2, -0.15) is 20.6 Å². The molecule has 0 radical (unpaired) electrons. The Labute approximate surface area is 176 Å². The topological polar surface area (TPSA) is 160 Å². The molecule has 31 heavy (non-hydrogen) atoms. The van der Waals surface area contributed by atoms with Crippen LogP contribution >= 0.6 is 0 Å². The Kier molecular flexibility index (Phi) is 4.84. The zero-order valence-corrected chi connectivity index (χ0v) is 16.0. The lowest BCUT2D eigenvalue weighted by Crippen LogP contribution is -2.28. The van der Waals surface area contributed by atoms with Crippen LogP contribution in [-0.2, 0) is 0 Å². The Balaban J connectivity index is 2.16. The van der Waals surface area contributed by atoms with Gasteiger partial charge in [0.05, 0.1) is 11.4 Å². The zero-order valence-electron chi connectivity index (χ0n) is 16.0. The maximum Gasteiger partial charge on any atom is 0.279 e. The number of amides is 1. The number of carbonyl (C=O) groups is 1. The molecule has 0 saturated heterocycles. The van der Waals surface area contributed by atoms with E-state index in [0.29, 0.717) is 11.3 Å². The molecule has 2 aromatic carbocycles. The molecule has 0 atom stereocenters. The average molecular weight is 406 g/mol. The Morgan fingerprint density at radius 2 is 1.52 bits per heavy atom. The van der Waals surface area contributed by atoms with E-state index in [2.05, 4.69) is 15.1 Å². The highest BCUT2D eigenvalue weighted by molar-refractivity contribution is 5.97. The van der Waals surface area contributed by atoms with Crippen molar-refractivity contribution in [3.8, 4) is 17.8 Å². The van der Waals surface area contributed by atoms with Gasteiger partial charge in [-0.3, -0.25) is 4.79 Å². The number of nitrogens with two attached hydrogens (primary N) is 2. The van der Waals surface area contributed by atoms with E-state index >= 15 is 0 Å². The SMILES string of the molecule is N#Cc1c(N)nc2c(C#N)c(=NC(=O)c3ccccc3)n(-c3ccccc3)nc2c1N. The fraction of sp³-hybridized carbons (Fsp3) is 0. The number of anilines is 2. The molecule has 0 bridgehead atoms. The van der Waals surface area contributed by atoms with Crippen LogP contribution in [0.15, 0.2) is 65.7 Å². The molecule has 2 aromatic heterocycles. The number of carbonyl (C=O) groups excluding carboxylic acids is 1. The molecule has 0 aliphatic rings. The molecule has 0 unspecified atom stereocenters. The first kappa shape index (κ1) is 19.3. The van der Waals surface area contributed by atoms with Crippen molar-refractivity contribution in [2.24, 2.45) is 4.99 Å². The third kappa shape index (κ3) is 3.33. The van der Waals surface area contributed by atoms with Crippen molar-refractivity contribution in [3.05, 3.63) is 82.8 Å². The first-order chi connectivity index (χ1) is 15.0. The van der Waals surface area contributed by atoms with E-state index in [1.54, 1.807) is 54.6 Å². The number of hydrogen-bond donors (Lipinski definition) is 2. The quantitative estimate of drug-likeness (QED) is 0.515. The predicted octanol–water partition coefficient (Wildman–Crippen LogP) is 2.07. The monoisotopic (exact) mass is 406 g/mol. The molecule has 0 fully saturated rings. The third-order valence-electron chi connectivity index (χ3n) is 4.55. The van der Waals surface area contributed by atoms with Gasteiger partial charge in [0.15, 0.2) is 5.49 Å². The molecule has 0 saturated carbocycles. The normalized spacial score (nSPS) is 11.1. The molecular formula is C22H14N8O. The highest BCUT2D eigenvalue weighted by Crippen LogP contribution is 2.26. The molecule has 4 N–H and O–H groups in total. The van der Waals surface area contributed by atoms with Gasteiger partial charge in [0.25, 0.3) is 5.91 Å². The Bertz CT molecular complexity index is 1480. The van der Waals surface area contributed by atoms with Gasteiger partial charge in [0.1, 0.15) is 40.1 Å². The van der Waals surface area contributed by atoms with Gasteiger partial charge in [-0.05, 0) is 24.3 Å². The first-order valence-electron chi connectivity index (χ1n) is 9.07. The van der Waals surface area contributed by atoms with Gasteiger partial charge in [0, 0.05) is 5.56 Å². The van der Waals surface area contributed by atoms with E-state index in [0.717, 1.165) is 0 Å². The minimum absolute atomic E-state index is 0.00730. The van der Waals surface area contributed by atoms with Crippen molar-refractivity contribution in [1.82, 2.24) is 14.8 Å². The number of benzene rings is 2. The standard InChI is InChI=1S/C22H14N8O/c23-11-15-17(25)19-18(27-20(15)26)16(12-24)21(28-22(31)13-7-3-1-4-8-13)30(29-19)14-9-5-2-6-10-14/h1-10H,25H2,(H2,26,27). The highest BCUT2D eigenvalue weighted by atomic mass is 16.1. The van der Waals surface area contributed by atoms with Gasteiger partial charge in [-0.15, -0.1) is 0 Å². The van der Waals surface area contributed by atoms with Crippen LogP contribution in [0, 0.1) is 22.7 Å². The van der Waals surface area contributed by atoms with Crippen LogP contribution in [0.4, 0.5) is 11.5 Å². The van der Waals surface area contributed by atoms with Crippen molar-refractivity contribution in [2.45, 2.75) is 0 Å². The van der Waals surface area contributed by atoms with Crippen molar-refractivity contribution in [2.75, 3.05) is 11.5 Å². The molecule has 9 nitrogen and oxygen atoms in total. The summed E-state index contributed by atoms with van der Waals surface area (Å²) in [5.74, 6) is -0.693. The smallest absolute Gasteiger partial charge is 0.279 e. The van der Waals surface area contributed by atoms with E-state index in [-0.39, 0.29) is 39.2 Å². The van der Waals surface area contributed by atoms with Gasteiger partial charge in [-0.25, -0.2) is 9.67 Å². The van der Waals surface area contributed by atoms with Crippen LogP contribution < -0.4 is 17.0 Å². The third-order valence-corrected chi connectivity index (χ3v) is 4.55. The zero-order chi connectivity index (χ0) is 22.0. The number of nitriles is 2. The summed E-state index contributed by atoms with van der Waals surface area (Å²) in [7, 11) is 0. The second kappa shape index (κ2) is 7.78. The second-order valence-electron chi connectivity index (χ2n) is 6.44. The molecule has 0 aliphatic heterocycles. The number of rotatable bonds is 2. The lowest BCUT2D eigenvalue weighted by molar-refractivity contribution is 0.0997. The maximum atomic E-state index is 12.8. The molecule has 0 aliphatic carbocycles. The van der Waals surface area contributed by atoms with Gasteiger partial charge in [0.2, 0.25) is 0 Å². The number of para-hydroxylation sites is 1. The summed E-state index contributed by atoms with van der Waals surface area (Å²) < 4.78 is 1.33. The van der Waals surface area contributed by atoms with E-state index in [9.17, 15) is 15.3 Å². The Hall–Kier alpha value is -5.02. The molecule has 148 valence electrons. The lowest BCUT2D eigenvalue weighted by Gasteiger charge is -2.12. The molecular weight excluding hydrogens is 392 g/mol. The van der Waals surface area contributed by atoms with Crippen LogP contribution in [0.25, 0.3) is 16.7 Å². The average Bonchev–Trinajstić information content (AvgIpc) is 2.80. The van der Waals surface area contributed by atoms with Crippen LogP contribution in [0.3, 0.4) is 0 Å². The molecule has 4 aromatic rings. The Morgan fingerprint density at radius 1 is 0.903 bits per heavy atom. The number of nitrogen functional groups attached to an aromatic ring is 2. The first-order valence-corrected chi connectivity index (χ1v) is 9.07. The summed E-state index contributed by atoms with van der Waals surface area (Å²) in [4.78, 5) is 21.1. The summed E-state index contributed by atoms with van der Waals surface area (Å²) >= 11 is 0. The van der Waals surface area contributed by atoms with Gasteiger partial charge in [-0.1, -0.05) is 36.4 Å². The van der Waals surface area contributed by atoms with Gasteiger partial charge >= 0.3 is 0 Å². The number of aromatic nitrogens is 3. The fourth-order valence-electron chi connectivity index (χ4n) is 3.06. The summed E-state index contributed by atoms with van der Waals surface area (Å²) in [6.45, 7) is 0. The Morgan fingerprint density at radius 3 is 2.13 bits per heavy atom. The van der Waals surface area contributed by atoms with Crippen LogP contribution in [-0.4, -0.2) is 20.7 Å². The fourth-order valence-corrected chi connectivity index (χ4v) is 3.06. The second-order valence-corrected chi connectivity index (χ2v) is 6.44. The van der Waals surface area contributed by atoms with E-state index < -0.39 is 5.91 Å². The molecule has 4 rings (SSSR count). The number of hydrogen-bond acceptors (Lipinski definition) is 7. The van der Waals surface area contributed by atoms with E-state index in [1.807, 2.05) is 18.2 Å². The summed E-state index contributed by atoms with van der Waals surface area (Å²) in [6.07, 6.45) is 0. The number of fused-ring (bicyclic) bond motifs is 1. The molecule has 0 spiro atoms. The number of nitrogens with zero attached hydrogens (tertiary/aromatic N) is 6. The summed E-state index contributed by atoms with van der Waals surface area (Å²) in [5, 5.41) is 23.8. The lowest BCUT2D eigenvalue weighted by atomic mass is 10.1. The maximum absolute atomic E-state index is 12.8. The minimum atomic E-state index is -0.558.